The number of sulfonamides is 1. The standard InChI is InChI=1S/C22H21ClN2O6S/c23-19-9-8-16(11-21(19)32(27,28)24-13-17-7-4-10-29-17)22(26)30-14-18-12-20(25-31-18)15-5-2-1-3-6-15/h1-3,5-6,8-9,11-12,17,24H,4,7,10,13-14H2. The van der Waals surface area contributed by atoms with Crippen molar-refractivity contribution in [3.8, 4) is 11.3 Å². The van der Waals surface area contributed by atoms with Crippen LogP contribution in [0.25, 0.3) is 11.3 Å². The molecule has 1 atom stereocenters. The minimum atomic E-state index is -3.93. The first-order valence-corrected chi connectivity index (χ1v) is 11.9. The van der Waals surface area contributed by atoms with E-state index in [0.717, 1.165) is 18.4 Å². The first-order valence-electron chi connectivity index (χ1n) is 10.0. The van der Waals surface area contributed by atoms with E-state index in [1.54, 1.807) is 6.07 Å². The highest BCUT2D eigenvalue weighted by atomic mass is 35.5. The Bertz CT molecular complexity index is 1190. The molecule has 2 aromatic carbocycles. The van der Waals surface area contributed by atoms with Gasteiger partial charge in [-0.05, 0) is 31.0 Å². The number of hydrogen-bond acceptors (Lipinski definition) is 7. The molecule has 1 unspecified atom stereocenters. The number of nitrogens with zero attached hydrogens (tertiary/aromatic N) is 1. The number of carbonyl (C=O) groups excluding carboxylic acids is 1. The molecular weight excluding hydrogens is 456 g/mol. The van der Waals surface area contributed by atoms with E-state index in [1.165, 1.54) is 18.2 Å². The van der Waals surface area contributed by atoms with Crippen LogP contribution in [0.5, 0.6) is 0 Å². The average Bonchev–Trinajstić information content (AvgIpc) is 3.49. The fraction of sp³-hybridized carbons (Fsp3) is 0.273. The van der Waals surface area contributed by atoms with Crippen molar-refractivity contribution < 1.29 is 27.2 Å². The number of carbonyl (C=O) groups is 1. The van der Waals surface area contributed by atoms with Gasteiger partial charge >= 0.3 is 5.97 Å². The molecule has 8 nitrogen and oxygen atoms in total. The van der Waals surface area contributed by atoms with Crippen molar-refractivity contribution in [3.63, 3.8) is 0 Å². The summed E-state index contributed by atoms with van der Waals surface area (Å²) >= 11 is 6.09. The first-order chi connectivity index (χ1) is 15.4. The van der Waals surface area contributed by atoms with Crippen molar-refractivity contribution in [3.05, 3.63) is 70.9 Å². The molecule has 1 aliphatic heterocycles. The van der Waals surface area contributed by atoms with Crippen molar-refractivity contribution in [2.75, 3.05) is 13.2 Å². The molecule has 0 amide bonds. The third-order valence-corrected chi connectivity index (χ3v) is 6.86. The Balaban J connectivity index is 1.41. The highest BCUT2D eigenvalue weighted by Crippen LogP contribution is 2.24. The lowest BCUT2D eigenvalue weighted by Crippen LogP contribution is -2.32. The molecular formula is C22H21ClN2O6S. The smallest absolute Gasteiger partial charge is 0.338 e. The Hall–Kier alpha value is -2.72. The van der Waals surface area contributed by atoms with Gasteiger partial charge in [-0.3, -0.25) is 0 Å². The summed E-state index contributed by atoms with van der Waals surface area (Å²) in [6.45, 7) is 0.607. The summed E-state index contributed by atoms with van der Waals surface area (Å²) < 4.78 is 43.7. The molecule has 3 aromatic rings. The number of ether oxygens (including phenoxy) is 2. The van der Waals surface area contributed by atoms with Gasteiger partial charge in [-0.25, -0.2) is 17.9 Å². The lowest BCUT2D eigenvalue weighted by atomic mass is 10.1. The van der Waals surface area contributed by atoms with E-state index in [2.05, 4.69) is 9.88 Å². The maximum atomic E-state index is 12.7. The van der Waals surface area contributed by atoms with Crippen LogP contribution in [0.2, 0.25) is 5.02 Å². The topological polar surface area (TPSA) is 108 Å². The number of nitrogens with one attached hydrogen (secondary N) is 1. The number of rotatable bonds is 8. The SMILES string of the molecule is O=C(OCc1cc(-c2ccccc2)no1)c1ccc(Cl)c(S(=O)(=O)NCC2CCCO2)c1. The van der Waals surface area contributed by atoms with Crippen molar-refractivity contribution >= 4 is 27.6 Å². The number of halogens is 1. The van der Waals surface area contributed by atoms with Gasteiger partial charge in [0, 0.05) is 24.8 Å². The molecule has 4 rings (SSSR count). The average molecular weight is 477 g/mol. The van der Waals surface area contributed by atoms with E-state index in [-0.39, 0.29) is 34.7 Å². The predicted octanol–water partition coefficient (Wildman–Crippen LogP) is 3.81. The van der Waals surface area contributed by atoms with Crippen molar-refractivity contribution in [1.29, 1.82) is 0 Å². The lowest BCUT2D eigenvalue weighted by Gasteiger charge is -2.13. The fourth-order valence-corrected chi connectivity index (χ4v) is 4.86. The summed E-state index contributed by atoms with van der Waals surface area (Å²) in [5, 5.41) is 3.97. The highest BCUT2D eigenvalue weighted by molar-refractivity contribution is 7.89. The second kappa shape index (κ2) is 9.83. The largest absolute Gasteiger partial charge is 0.454 e. The maximum Gasteiger partial charge on any atom is 0.338 e. The molecule has 1 saturated heterocycles. The van der Waals surface area contributed by atoms with Crippen LogP contribution in [-0.2, 0) is 26.1 Å². The van der Waals surface area contributed by atoms with Crippen LogP contribution in [0, 0.1) is 0 Å². The second-order valence-corrected chi connectivity index (χ2v) is 9.40. The number of hydrogen-bond donors (Lipinski definition) is 1. The van der Waals surface area contributed by atoms with Crippen LogP contribution in [0.4, 0.5) is 0 Å². The molecule has 0 aliphatic carbocycles. The highest BCUT2D eigenvalue weighted by Gasteiger charge is 2.24. The van der Waals surface area contributed by atoms with Gasteiger partial charge in [0.15, 0.2) is 12.4 Å². The van der Waals surface area contributed by atoms with Crippen molar-refractivity contribution in [2.45, 2.75) is 30.4 Å². The minimum absolute atomic E-state index is 0.00382. The van der Waals surface area contributed by atoms with Gasteiger partial charge in [0.25, 0.3) is 0 Å². The summed E-state index contributed by atoms with van der Waals surface area (Å²) in [5.74, 6) is -0.354. The molecule has 32 heavy (non-hydrogen) atoms. The van der Waals surface area contributed by atoms with Gasteiger partial charge < -0.3 is 14.0 Å². The van der Waals surface area contributed by atoms with E-state index >= 15 is 0 Å². The monoisotopic (exact) mass is 476 g/mol. The molecule has 10 heteroatoms. The summed E-state index contributed by atoms with van der Waals surface area (Å²) in [5.41, 5.74) is 1.54. The van der Waals surface area contributed by atoms with Crippen LogP contribution in [0.1, 0.15) is 29.0 Å². The van der Waals surface area contributed by atoms with Crippen molar-refractivity contribution in [2.24, 2.45) is 0 Å². The molecule has 1 aliphatic rings. The maximum absolute atomic E-state index is 12.7. The Morgan fingerprint density at radius 1 is 1.19 bits per heavy atom. The Kier molecular flexibility index (Phi) is 6.90. The van der Waals surface area contributed by atoms with Crippen molar-refractivity contribution in [1.82, 2.24) is 9.88 Å². The van der Waals surface area contributed by atoms with Crippen LogP contribution in [0.15, 0.2) is 64.0 Å². The normalized spacial score (nSPS) is 16.2. The minimum Gasteiger partial charge on any atom is -0.454 e. The molecule has 1 fully saturated rings. The van der Waals surface area contributed by atoms with Gasteiger partial charge in [0.05, 0.1) is 16.7 Å². The van der Waals surface area contributed by atoms with Gasteiger partial charge in [-0.1, -0.05) is 47.1 Å². The molecule has 0 bridgehead atoms. The first kappa shape index (κ1) is 22.5. The van der Waals surface area contributed by atoms with E-state index in [9.17, 15) is 13.2 Å². The molecule has 0 spiro atoms. The molecule has 168 valence electrons. The zero-order chi connectivity index (χ0) is 22.6. The fourth-order valence-electron chi connectivity index (χ4n) is 3.27. The van der Waals surface area contributed by atoms with Gasteiger partial charge in [0.2, 0.25) is 10.0 Å². The Morgan fingerprint density at radius 2 is 2.00 bits per heavy atom. The van der Waals surface area contributed by atoms with Crippen LogP contribution >= 0.6 is 11.6 Å². The summed E-state index contributed by atoms with van der Waals surface area (Å²) in [7, 11) is -3.93. The van der Waals surface area contributed by atoms with E-state index in [0.29, 0.717) is 18.1 Å². The van der Waals surface area contributed by atoms with E-state index < -0.39 is 16.0 Å². The zero-order valence-electron chi connectivity index (χ0n) is 17.0. The summed E-state index contributed by atoms with van der Waals surface area (Å²) in [6.07, 6.45) is 1.52. The molecule has 0 saturated carbocycles. The quantitative estimate of drug-likeness (QED) is 0.492. The molecule has 2 heterocycles. The number of aromatic nitrogens is 1. The Morgan fingerprint density at radius 3 is 2.75 bits per heavy atom. The summed E-state index contributed by atoms with van der Waals surface area (Å²) in [6, 6.07) is 15.0. The van der Waals surface area contributed by atoms with Crippen LogP contribution < -0.4 is 4.72 Å². The Labute approximate surface area is 190 Å². The molecule has 1 aromatic heterocycles. The van der Waals surface area contributed by atoms with E-state index in [4.69, 9.17) is 25.6 Å². The third kappa shape index (κ3) is 5.36. The summed E-state index contributed by atoms with van der Waals surface area (Å²) in [4.78, 5) is 12.3. The van der Waals surface area contributed by atoms with E-state index in [1.807, 2.05) is 30.3 Å². The van der Waals surface area contributed by atoms with Crippen LogP contribution in [-0.4, -0.2) is 38.8 Å². The van der Waals surface area contributed by atoms with Gasteiger partial charge in [-0.15, -0.1) is 0 Å². The predicted molar refractivity (Wildman–Crippen MR) is 117 cm³/mol. The zero-order valence-corrected chi connectivity index (χ0v) is 18.6. The second-order valence-electron chi connectivity index (χ2n) is 7.25. The lowest BCUT2D eigenvalue weighted by molar-refractivity contribution is 0.0437. The number of esters is 1. The molecule has 1 N–H and O–H groups in total. The van der Waals surface area contributed by atoms with Gasteiger partial charge in [0.1, 0.15) is 10.6 Å². The molecule has 0 radical (unpaired) electrons. The van der Waals surface area contributed by atoms with Gasteiger partial charge in [-0.2, -0.15) is 0 Å². The third-order valence-electron chi connectivity index (χ3n) is 4.96. The number of benzene rings is 2. The van der Waals surface area contributed by atoms with Crippen LogP contribution in [0.3, 0.4) is 0 Å².